The molecule has 0 spiro atoms. The van der Waals surface area contributed by atoms with Crippen molar-refractivity contribution in [3.05, 3.63) is 0 Å². The molecular formula is C12H21N3O2. The molecule has 2 fully saturated rings. The Morgan fingerprint density at radius 2 is 2.12 bits per heavy atom. The van der Waals surface area contributed by atoms with Gasteiger partial charge in [0.05, 0.1) is 0 Å². The number of rotatable bonds is 2. The van der Waals surface area contributed by atoms with Gasteiger partial charge in [-0.05, 0) is 33.1 Å². The zero-order valence-electron chi connectivity index (χ0n) is 10.6. The van der Waals surface area contributed by atoms with E-state index in [4.69, 9.17) is 5.73 Å². The van der Waals surface area contributed by atoms with Gasteiger partial charge >= 0.3 is 0 Å². The highest BCUT2D eigenvalue weighted by Gasteiger charge is 2.43. The van der Waals surface area contributed by atoms with Gasteiger partial charge in [0.2, 0.25) is 11.8 Å². The molecule has 0 bridgehead atoms. The summed E-state index contributed by atoms with van der Waals surface area (Å²) in [6, 6.07) is 0. The lowest BCUT2D eigenvalue weighted by Crippen LogP contribution is -2.64. The van der Waals surface area contributed by atoms with Crippen molar-refractivity contribution in [2.24, 2.45) is 5.73 Å². The maximum absolute atomic E-state index is 12.2. The number of nitrogens with two attached hydrogens (primary N) is 1. The third-order valence-electron chi connectivity index (χ3n) is 4.01. The predicted molar refractivity (Wildman–Crippen MR) is 64.2 cm³/mol. The van der Waals surface area contributed by atoms with Crippen molar-refractivity contribution in [1.82, 2.24) is 10.2 Å². The summed E-state index contributed by atoms with van der Waals surface area (Å²) in [6.45, 7) is 4.67. The Labute approximate surface area is 102 Å². The number of hydrogen-bond acceptors (Lipinski definition) is 3. The van der Waals surface area contributed by atoms with Crippen molar-refractivity contribution >= 4 is 11.8 Å². The molecule has 1 saturated carbocycles. The number of piperazine rings is 1. The van der Waals surface area contributed by atoms with Gasteiger partial charge in [-0.2, -0.15) is 0 Å². The molecule has 2 aliphatic rings. The maximum atomic E-state index is 12.2. The maximum Gasteiger partial charge on any atom is 0.245 e. The molecule has 3 N–H and O–H groups in total. The van der Waals surface area contributed by atoms with Gasteiger partial charge in [-0.25, -0.2) is 0 Å². The smallest absolute Gasteiger partial charge is 0.245 e. The van der Waals surface area contributed by atoms with Crippen molar-refractivity contribution in [2.45, 2.75) is 50.6 Å². The van der Waals surface area contributed by atoms with Crippen LogP contribution in [-0.4, -0.2) is 40.9 Å². The van der Waals surface area contributed by atoms with E-state index in [0.717, 1.165) is 19.3 Å². The molecule has 1 heterocycles. The van der Waals surface area contributed by atoms with Crippen LogP contribution in [0.15, 0.2) is 0 Å². The topological polar surface area (TPSA) is 75.4 Å². The molecular weight excluding hydrogens is 218 g/mol. The standard InChI is InChI=1S/C12H21N3O2/c1-11(2)10(17)14-6-7-15(11)9(16)8-12(13)4-3-5-12/h3-8,13H2,1-2H3,(H,14,17). The van der Waals surface area contributed by atoms with Gasteiger partial charge < -0.3 is 16.0 Å². The van der Waals surface area contributed by atoms with Crippen molar-refractivity contribution in [2.75, 3.05) is 13.1 Å². The van der Waals surface area contributed by atoms with E-state index in [1.165, 1.54) is 0 Å². The van der Waals surface area contributed by atoms with Crippen molar-refractivity contribution in [1.29, 1.82) is 0 Å². The van der Waals surface area contributed by atoms with E-state index < -0.39 is 5.54 Å². The molecule has 1 aliphatic heterocycles. The fourth-order valence-electron chi connectivity index (χ4n) is 2.54. The molecule has 0 aromatic heterocycles. The SMILES string of the molecule is CC1(C)C(=O)NCCN1C(=O)CC1(N)CCC1. The van der Waals surface area contributed by atoms with Crippen LogP contribution < -0.4 is 11.1 Å². The molecule has 0 radical (unpaired) electrons. The van der Waals surface area contributed by atoms with Crippen LogP contribution in [0.2, 0.25) is 0 Å². The van der Waals surface area contributed by atoms with Crippen LogP contribution in [0, 0.1) is 0 Å². The number of hydrogen-bond donors (Lipinski definition) is 2. The van der Waals surface area contributed by atoms with E-state index in [2.05, 4.69) is 5.32 Å². The normalized spacial score (nSPS) is 26.1. The molecule has 2 rings (SSSR count). The lowest BCUT2D eigenvalue weighted by atomic mass is 9.75. The van der Waals surface area contributed by atoms with Crippen molar-refractivity contribution < 1.29 is 9.59 Å². The molecule has 0 aromatic rings. The first-order valence-electron chi connectivity index (χ1n) is 6.23. The first kappa shape index (κ1) is 12.4. The van der Waals surface area contributed by atoms with Crippen LogP contribution in [0.1, 0.15) is 39.5 Å². The summed E-state index contributed by atoms with van der Waals surface area (Å²) in [5.74, 6) is -0.0798. The molecule has 5 nitrogen and oxygen atoms in total. The van der Waals surface area contributed by atoms with Gasteiger partial charge in [-0.15, -0.1) is 0 Å². The molecule has 0 unspecified atom stereocenters. The highest BCUT2D eigenvalue weighted by molar-refractivity contribution is 5.92. The molecule has 2 amide bonds. The summed E-state index contributed by atoms with van der Waals surface area (Å²) < 4.78 is 0. The Balaban J connectivity index is 2.05. The molecule has 5 heteroatoms. The highest BCUT2D eigenvalue weighted by Crippen LogP contribution is 2.33. The van der Waals surface area contributed by atoms with Gasteiger partial charge in [0.1, 0.15) is 5.54 Å². The summed E-state index contributed by atoms with van der Waals surface area (Å²) in [7, 11) is 0. The van der Waals surface area contributed by atoms with E-state index in [0.29, 0.717) is 19.5 Å². The van der Waals surface area contributed by atoms with Crippen LogP contribution in [0.5, 0.6) is 0 Å². The van der Waals surface area contributed by atoms with Crippen LogP contribution in [0.3, 0.4) is 0 Å². The van der Waals surface area contributed by atoms with Crippen LogP contribution in [0.4, 0.5) is 0 Å². The first-order valence-corrected chi connectivity index (χ1v) is 6.23. The quantitative estimate of drug-likeness (QED) is 0.712. The fraction of sp³-hybridized carbons (Fsp3) is 0.833. The molecule has 17 heavy (non-hydrogen) atoms. The summed E-state index contributed by atoms with van der Waals surface area (Å²) in [4.78, 5) is 25.6. The van der Waals surface area contributed by atoms with Gasteiger partial charge in [-0.1, -0.05) is 0 Å². The monoisotopic (exact) mass is 239 g/mol. The lowest BCUT2D eigenvalue weighted by molar-refractivity contribution is -0.150. The van der Waals surface area contributed by atoms with Crippen LogP contribution >= 0.6 is 0 Å². The largest absolute Gasteiger partial charge is 0.352 e. The number of nitrogens with one attached hydrogen (secondary N) is 1. The minimum atomic E-state index is -0.755. The summed E-state index contributed by atoms with van der Waals surface area (Å²) >= 11 is 0. The molecule has 0 atom stereocenters. The number of amides is 2. The minimum Gasteiger partial charge on any atom is -0.352 e. The Hall–Kier alpha value is -1.10. The van der Waals surface area contributed by atoms with E-state index in [1.54, 1.807) is 18.7 Å². The summed E-state index contributed by atoms with van der Waals surface area (Å²) in [6.07, 6.45) is 3.30. The second-order valence-corrected chi connectivity index (χ2v) is 5.75. The average molecular weight is 239 g/mol. The van der Waals surface area contributed by atoms with E-state index >= 15 is 0 Å². The van der Waals surface area contributed by atoms with E-state index in [-0.39, 0.29) is 17.4 Å². The Morgan fingerprint density at radius 1 is 1.47 bits per heavy atom. The molecule has 1 saturated heterocycles. The van der Waals surface area contributed by atoms with Gasteiger partial charge in [0.25, 0.3) is 0 Å². The second kappa shape index (κ2) is 3.98. The fourth-order valence-corrected chi connectivity index (χ4v) is 2.54. The molecule has 96 valence electrons. The van der Waals surface area contributed by atoms with Crippen molar-refractivity contribution in [3.8, 4) is 0 Å². The van der Waals surface area contributed by atoms with Gasteiger partial charge in [-0.3, -0.25) is 9.59 Å². The average Bonchev–Trinajstić information content (AvgIpc) is 2.19. The third-order valence-corrected chi connectivity index (χ3v) is 4.01. The highest BCUT2D eigenvalue weighted by atomic mass is 16.2. The van der Waals surface area contributed by atoms with Crippen molar-refractivity contribution in [3.63, 3.8) is 0 Å². The Kier molecular flexibility index (Phi) is 2.89. The number of carbonyl (C=O) groups is 2. The van der Waals surface area contributed by atoms with Crippen LogP contribution in [-0.2, 0) is 9.59 Å². The summed E-state index contributed by atoms with van der Waals surface area (Å²) in [5, 5.41) is 2.78. The summed E-state index contributed by atoms with van der Waals surface area (Å²) in [5.41, 5.74) is 5.01. The predicted octanol–water partition coefficient (Wildman–Crippen LogP) is -0.00510. The van der Waals surface area contributed by atoms with E-state index in [1.807, 2.05) is 0 Å². The van der Waals surface area contributed by atoms with E-state index in [9.17, 15) is 9.59 Å². The minimum absolute atomic E-state index is 0.00653. The number of nitrogens with zero attached hydrogens (tertiary/aromatic N) is 1. The Bertz CT molecular complexity index is 348. The van der Waals surface area contributed by atoms with Gasteiger partial charge in [0, 0.05) is 25.0 Å². The second-order valence-electron chi connectivity index (χ2n) is 5.75. The number of carbonyl (C=O) groups excluding carboxylic acids is 2. The molecule has 0 aromatic carbocycles. The zero-order valence-corrected chi connectivity index (χ0v) is 10.6. The first-order chi connectivity index (χ1) is 7.85. The molecule has 1 aliphatic carbocycles. The zero-order chi connectivity index (χ0) is 12.7. The lowest BCUT2D eigenvalue weighted by Gasteiger charge is -2.44. The Morgan fingerprint density at radius 3 is 2.65 bits per heavy atom. The van der Waals surface area contributed by atoms with Crippen LogP contribution in [0.25, 0.3) is 0 Å². The third kappa shape index (κ3) is 2.16. The van der Waals surface area contributed by atoms with Gasteiger partial charge in [0.15, 0.2) is 0 Å².